The summed E-state index contributed by atoms with van der Waals surface area (Å²) in [6.45, 7) is 2.90. The number of nitrogens with zero attached hydrogens (tertiary/aromatic N) is 3. The number of hydrogen-bond acceptors (Lipinski definition) is 3. The van der Waals surface area contributed by atoms with Crippen LogP contribution >= 0.6 is 0 Å². The Hall–Kier alpha value is -2.99. The number of likely N-dealkylation sites (tertiary alicyclic amines) is 1. The van der Waals surface area contributed by atoms with Crippen LogP contribution in [-0.2, 0) is 11.3 Å². The molecule has 0 aliphatic carbocycles. The molecule has 2 aromatic heterocycles. The standard InChI is InChI=1S/C24H27FN4O/c25-21-9-1-2-10-22(21)27-24(30)13-12-19-7-5-15-28(17-19)18-20-8-6-16-29(20)23-11-3-4-14-26-23/h1-4,6,8-11,14,16,19H,5,7,12-13,15,17-18H2,(H,27,30)/t19-/m0/s1. The Balaban J connectivity index is 1.30. The van der Waals surface area contributed by atoms with E-state index in [4.69, 9.17) is 0 Å². The molecule has 0 spiro atoms. The number of pyridine rings is 1. The van der Waals surface area contributed by atoms with E-state index in [2.05, 4.69) is 31.9 Å². The Morgan fingerprint density at radius 3 is 2.83 bits per heavy atom. The zero-order valence-electron chi connectivity index (χ0n) is 17.0. The van der Waals surface area contributed by atoms with Gasteiger partial charge in [0.05, 0.1) is 5.69 Å². The molecular formula is C24H27FN4O. The van der Waals surface area contributed by atoms with Crippen molar-refractivity contribution in [2.24, 2.45) is 5.92 Å². The first-order chi connectivity index (χ1) is 14.7. The van der Waals surface area contributed by atoms with Gasteiger partial charge in [0.2, 0.25) is 5.91 Å². The monoisotopic (exact) mass is 406 g/mol. The molecule has 0 bridgehead atoms. The van der Waals surface area contributed by atoms with Gasteiger partial charge in [0.1, 0.15) is 11.6 Å². The highest BCUT2D eigenvalue weighted by Gasteiger charge is 2.22. The zero-order chi connectivity index (χ0) is 20.8. The van der Waals surface area contributed by atoms with Crippen LogP contribution in [-0.4, -0.2) is 33.4 Å². The third-order valence-corrected chi connectivity index (χ3v) is 5.65. The number of piperidine rings is 1. The normalized spacial score (nSPS) is 17.0. The van der Waals surface area contributed by atoms with Gasteiger partial charge in [0.15, 0.2) is 0 Å². The van der Waals surface area contributed by atoms with Gasteiger partial charge in [-0.05, 0) is 68.1 Å². The number of amides is 1. The number of benzene rings is 1. The van der Waals surface area contributed by atoms with Crippen LogP contribution in [0.5, 0.6) is 0 Å². The topological polar surface area (TPSA) is 50.2 Å². The minimum Gasteiger partial charge on any atom is -0.324 e. The number of hydrogen-bond donors (Lipinski definition) is 1. The minimum absolute atomic E-state index is 0.124. The molecule has 1 saturated heterocycles. The number of anilines is 1. The van der Waals surface area contributed by atoms with Crippen molar-refractivity contribution < 1.29 is 9.18 Å². The van der Waals surface area contributed by atoms with E-state index in [0.29, 0.717) is 12.3 Å². The fourth-order valence-electron chi connectivity index (χ4n) is 4.13. The fraction of sp³-hybridized carbons (Fsp3) is 0.333. The van der Waals surface area contributed by atoms with Crippen molar-refractivity contribution in [3.63, 3.8) is 0 Å². The van der Waals surface area contributed by atoms with E-state index in [9.17, 15) is 9.18 Å². The number of para-hydroxylation sites is 1. The van der Waals surface area contributed by atoms with Crippen molar-refractivity contribution in [1.82, 2.24) is 14.5 Å². The van der Waals surface area contributed by atoms with Gasteiger partial charge in [-0.2, -0.15) is 0 Å². The number of aromatic nitrogens is 2. The van der Waals surface area contributed by atoms with Crippen LogP contribution in [0, 0.1) is 11.7 Å². The van der Waals surface area contributed by atoms with E-state index in [1.165, 1.54) is 11.8 Å². The third kappa shape index (κ3) is 5.13. The molecule has 1 aliphatic rings. The lowest BCUT2D eigenvalue weighted by Gasteiger charge is -2.32. The second kappa shape index (κ2) is 9.67. The van der Waals surface area contributed by atoms with Crippen molar-refractivity contribution in [3.05, 3.63) is 78.5 Å². The molecule has 5 nitrogen and oxygen atoms in total. The quantitative estimate of drug-likeness (QED) is 0.622. The average Bonchev–Trinajstić information content (AvgIpc) is 3.23. The molecule has 1 N–H and O–H groups in total. The summed E-state index contributed by atoms with van der Waals surface area (Å²) >= 11 is 0. The predicted octanol–water partition coefficient (Wildman–Crippen LogP) is 4.64. The number of rotatable bonds is 7. The van der Waals surface area contributed by atoms with Crippen molar-refractivity contribution in [1.29, 1.82) is 0 Å². The highest BCUT2D eigenvalue weighted by atomic mass is 19.1. The zero-order valence-corrected chi connectivity index (χ0v) is 17.0. The molecule has 156 valence electrons. The first-order valence-corrected chi connectivity index (χ1v) is 10.5. The van der Waals surface area contributed by atoms with Crippen LogP contribution in [0.4, 0.5) is 10.1 Å². The minimum atomic E-state index is -0.398. The van der Waals surface area contributed by atoms with Crippen molar-refractivity contribution in [2.45, 2.75) is 32.2 Å². The van der Waals surface area contributed by atoms with Crippen molar-refractivity contribution >= 4 is 11.6 Å². The van der Waals surface area contributed by atoms with Crippen LogP contribution in [0.1, 0.15) is 31.4 Å². The molecule has 6 heteroatoms. The first kappa shape index (κ1) is 20.3. The maximum Gasteiger partial charge on any atom is 0.224 e. The lowest BCUT2D eigenvalue weighted by atomic mass is 9.93. The molecule has 0 unspecified atom stereocenters. The Labute approximate surface area is 176 Å². The van der Waals surface area contributed by atoms with Gasteiger partial charge in [-0.25, -0.2) is 9.37 Å². The van der Waals surface area contributed by atoms with Crippen LogP contribution in [0.15, 0.2) is 67.0 Å². The number of nitrogens with one attached hydrogen (secondary N) is 1. The Morgan fingerprint density at radius 2 is 2.00 bits per heavy atom. The van der Waals surface area contributed by atoms with Gasteiger partial charge in [-0.15, -0.1) is 0 Å². The summed E-state index contributed by atoms with van der Waals surface area (Å²) in [6.07, 6.45) is 7.35. The maximum atomic E-state index is 13.7. The number of carbonyl (C=O) groups is 1. The third-order valence-electron chi connectivity index (χ3n) is 5.65. The van der Waals surface area contributed by atoms with Crippen molar-refractivity contribution in [3.8, 4) is 5.82 Å². The van der Waals surface area contributed by atoms with Crippen molar-refractivity contribution in [2.75, 3.05) is 18.4 Å². The molecule has 4 rings (SSSR count). The molecule has 1 aromatic carbocycles. The van der Waals surface area contributed by atoms with Gasteiger partial charge < -0.3 is 9.88 Å². The Kier molecular flexibility index (Phi) is 6.54. The summed E-state index contributed by atoms with van der Waals surface area (Å²) in [4.78, 5) is 19.2. The molecule has 0 radical (unpaired) electrons. The summed E-state index contributed by atoms with van der Waals surface area (Å²) < 4.78 is 15.8. The molecule has 3 heterocycles. The predicted molar refractivity (Wildman–Crippen MR) is 116 cm³/mol. The van der Waals surface area contributed by atoms with Gasteiger partial charge >= 0.3 is 0 Å². The second-order valence-corrected chi connectivity index (χ2v) is 7.87. The Morgan fingerprint density at radius 1 is 1.13 bits per heavy atom. The first-order valence-electron chi connectivity index (χ1n) is 10.5. The molecule has 1 aliphatic heterocycles. The van der Waals surface area contributed by atoms with E-state index in [-0.39, 0.29) is 11.6 Å². The second-order valence-electron chi connectivity index (χ2n) is 7.87. The highest BCUT2D eigenvalue weighted by molar-refractivity contribution is 5.90. The SMILES string of the molecule is O=C(CC[C@@H]1CCCN(Cc2cccn2-c2ccccn2)C1)Nc1ccccc1F. The molecule has 1 atom stereocenters. The summed E-state index contributed by atoms with van der Waals surface area (Å²) in [5.74, 6) is 0.881. The lowest BCUT2D eigenvalue weighted by molar-refractivity contribution is -0.116. The van der Waals surface area contributed by atoms with Gasteiger partial charge in [-0.3, -0.25) is 9.69 Å². The van der Waals surface area contributed by atoms with Crippen LogP contribution in [0.3, 0.4) is 0 Å². The number of halogens is 1. The summed E-state index contributed by atoms with van der Waals surface area (Å²) in [5, 5.41) is 2.69. The van der Waals surface area contributed by atoms with Crippen LogP contribution in [0.25, 0.3) is 5.82 Å². The molecule has 3 aromatic rings. The lowest BCUT2D eigenvalue weighted by Crippen LogP contribution is -2.35. The molecule has 30 heavy (non-hydrogen) atoms. The maximum absolute atomic E-state index is 13.7. The smallest absolute Gasteiger partial charge is 0.224 e. The molecular weight excluding hydrogens is 379 g/mol. The van der Waals surface area contributed by atoms with E-state index in [0.717, 1.165) is 44.7 Å². The van der Waals surface area contributed by atoms with Gasteiger partial charge in [0.25, 0.3) is 0 Å². The number of carbonyl (C=O) groups excluding carboxylic acids is 1. The molecule has 1 amide bonds. The van der Waals surface area contributed by atoms with Gasteiger partial charge in [0, 0.05) is 37.6 Å². The van der Waals surface area contributed by atoms with Crippen LogP contribution < -0.4 is 5.32 Å². The van der Waals surface area contributed by atoms with Crippen LogP contribution in [0.2, 0.25) is 0 Å². The fourth-order valence-corrected chi connectivity index (χ4v) is 4.13. The highest BCUT2D eigenvalue weighted by Crippen LogP contribution is 2.24. The molecule has 0 saturated carbocycles. The van der Waals surface area contributed by atoms with E-state index in [1.807, 2.05) is 30.6 Å². The Bertz CT molecular complexity index is 972. The van der Waals surface area contributed by atoms with E-state index in [1.54, 1.807) is 18.2 Å². The average molecular weight is 407 g/mol. The van der Waals surface area contributed by atoms with E-state index >= 15 is 0 Å². The summed E-state index contributed by atoms with van der Waals surface area (Å²) in [5.41, 5.74) is 1.47. The van der Waals surface area contributed by atoms with E-state index < -0.39 is 5.82 Å². The largest absolute Gasteiger partial charge is 0.324 e. The summed E-state index contributed by atoms with van der Waals surface area (Å²) in [6, 6.07) is 16.4. The van der Waals surface area contributed by atoms with Gasteiger partial charge in [-0.1, -0.05) is 18.2 Å². The summed E-state index contributed by atoms with van der Waals surface area (Å²) in [7, 11) is 0. The molecule has 1 fully saturated rings.